The molecule has 140 valence electrons. The highest BCUT2D eigenvalue weighted by Crippen LogP contribution is 2.49. The Labute approximate surface area is 153 Å². The Morgan fingerprint density at radius 1 is 0.962 bits per heavy atom. The van der Waals surface area contributed by atoms with Crippen molar-refractivity contribution in [1.29, 1.82) is 0 Å². The lowest BCUT2D eigenvalue weighted by Gasteiger charge is -2.38. The van der Waals surface area contributed by atoms with Crippen LogP contribution in [0.5, 0.6) is 17.2 Å². The normalized spacial score (nSPS) is 18.1. The molecule has 1 aromatic heterocycles. The summed E-state index contributed by atoms with van der Waals surface area (Å²) in [6.07, 6.45) is 5.32. The van der Waals surface area contributed by atoms with E-state index in [1.54, 1.807) is 21.3 Å². The minimum absolute atomic E-state index is 0.526. The first-order valence-electron chi connectivity index (χ1n) is 9.05. The Bertz CT molecular complexity index is 788. The molecule has 7 nitrogen and oxygen atoms in total. The summed E-state index contributed by atoms with van der Waals surface area (Å²) in [7, 11) is 6.85. The predicted molar refractivity (Wildman–Crippen MR) is 99.2 cm³/mol. The van der Waals surface area contributed by atoms with Crippen LogP contribution in [0.3, 0.4) is 0 Å². The molecule has 1 aliphatic carbocycles. The van der Waals surface area contributed by atoms with Crippen LogP contribution in [0, 0.1) is 5.41 Å². The zero-order valence-electron chi connectivity index (χ0n) is 15.9. The number of aromatic nitrogens is 3. The molecular weight excluding hydrogens is 332 g/mol. The van der Waals surface area contributed by atoms with Gasteiger partial charge in [-0.3, -0.25) is 4.57 Å². The van der Waals surface area contributed by atoms with Crippen molar-refractivity contribution in [2.45, 2.75) is 25.7 Å². The lowest BCUT2D eigenvalue weighted by atomic mass is 9.68. The standard InChI is InChI=1S/C19H26N4O3/c1-22-17(13-10-14(24-2)16(26-4)15(11-13)25-3)20-21-18(22)23-9-8-19(12-23)6-5-7-19/h10-11H,5-9,12H2,1-4H3. The molecule has 0 N–H and O–H groups in total. The minimum atomic E-state index is 0.526. The van der Waals surface area contributed by atoms with Crippen molar-refractivity contribution in [3.05, 3.63) is 12.1 Å². The zero-order valence-corrected chi connectivity index (χ0v) is 15.9. The number of hydrogen-bond donors (Lipinski definition) is 0. The van der Waals surface area contributed by atoms with Crippen LogP contribution in [0.2, 0.25) is 0 Å². The number of anilines is 1. The molecule has 7 heteroatoms. The van der Waals surface area contributed by atoms with Crippen LogP contribution in [0.1, 0.15) is 25.7 Å². The van der Waals surface area contributed by atoms with Crippen molar-refractivity contribution < 1.29 is 14.2 Å². The highest BCUT2D eigenvalue weighted by molar-refractivity contribution is 5.67. The molecule has 0 atom stereocenters. The first kappa shape index (κ1) is 17.0. The molecule has 2 aliphatic rings. The van der Waals surface area contributed by atoms with Gasteiger partial charge in [-0.15, -0.1) is 10.2 Å². The van der Waals surface area contributed by atoms with E-state index in [1.807, 2.05) is 19.2 Å². The zero-order chi connectivity index (χ0) is 18.3. The molecule has 0 bridgehead atoms. The highest BCUT2D eigenvalue weighted by Gasteiger charge is 2.43. The molecule has 2 aromatic rings. The van der Waals surface area contributed by atoms with Crippen LogP contribution >= 0.6 is 0 Å². The van der Waals surface area contributed by atoms with Gasteiger partial charge in [0.2, 0.25) is 11.7 Å². The topological polar surface area (TPSA) is 61.6 Å². The third kappa shape index (κ3) is 2.57. The van der Waals surface area contributed by atoms with Gasteiger partial charge in [0, 0.05) is 25.7 Å². The average Bonchev–Trinajstić information content (AvgIpc) is 3.24. The Kier molecular flexibility index (Phi) is 4.17. The Hall–Kier alpha value is -2.44. The third-order valence-corrected chi connectivity index (χ3v) is 5.91. The maximum Gasteiger partial charge on any atom is 0.227 e. The summed E-state index contributed by atoms with van der Waals surface area (Å²) in [6, 6.07) is 3.82. The fraction of sp³-hybridized carbons (Fsp3) is 0.579. The van der Waals surface area contributed by atoms with Crippen molar-refractivity contribution in [3.63, 3.8) is 0 Å². The van der Waals surface area contributed by atoms with Gasteiger partial charge in [0.1, 0.15) is 0 Å². The number of rotatable bonds is 5. The van der Waals surface area contributed by atoms with Crippen LogP contribution in [-0.4, -0.2) is 49.2 Å². The molecule has 1 saturated carbocycles. The molecule has 1 spiro atoms. The first-order chi connectivity index (χ1) is 12.6. The van der Waals surface area contributed by atoms with Crippen molar-refractivity contribution in [2.24, 2.45) is 12.5 Å². The second kappa shape index (κ2) is 6.37. The van der Waals surface area contributed by atoms with Gasteiger partial charge in [-0.25, -0.2) is 0 Å². The van der Waals surface area contributed by atoms with E-state index in [2.05, 4.69) is 19.7 Å². The molecule has 2 fully saturated rings. The summed E-state index contributed by atoms with van der Waals surface area (Å²) in [4.78, 5) is 2.37. The lowest BCUT2D eigenvalue weighted by molar-refractivity contribution is 0.165. The number of nitrogens with zero attached hydrogens (tertiary/aromatic N) is 4. The number of ether oxygens (including phenoxy) is 3. The predicted octanol–water partition coefficient (Wildman–Crippen LogP) is 2.89. The van der Waals surface area contributed by atoms with Gasteiger partial charge in [0.05, 0.1) is 21.3 Å². The third-order valence-electron chi connectivity index (χ3n) is 5.91. The molecule has 26 heavy (non-hydrogen) atoms. The summed E-state index contributed by atoms with van der Waals surface area (Å²) in [6.45, 7) is 2.15. The van der Waals surface area contributed by atoms with Crippen LogP contribution < -0.4 is 19.1 Å². The van der Waals surface area contributed by atoms with Crippen molar-refractivity contribution in [2.75, 3.05) is 39.3 Å². The lowest BCUT2D eigenvalue weighted by Crippen LogP contribution is -2.33. The molecular formula is C19H26N4O3. The summed E-state index contributed by atoms with van der Waals surface area (Å²) >= 11 is 0. The monoisotopic (exact) mass is 358 g/mol. The maximum atomic E-state index is 5.46. The molecule has 0 unspecified atom stereocenters. The molecule has 1 saturated heterocycles. The fourth-order valence-electron chi connectivity index (χ4n) is 4.25. The Balaban J connectivity index is 1.68. The van der Waals surface area contributed by atoms with Crippen molar-refractivity contribution in [3.8, 4) is 28.6 Å². The Morgan fingerprint density at radius 3 is 2.15 bits per heavy atom. The van der Waals surface area contributed by atoms with E-state index < -0.39 is 0 Å². The molecule has 1 aliphatic heterocycles. The maximum absolute atomic E-state index is 5.46. The van der Waals surface area contributed by atoms with Gasteiger partial charge >= 0.3 is 0 Å². The number of benzene rings is 1. The van der Waals surface area contributed by atoms with E-state index in [9.17, 15) is 0 Å². The van der Waals surface area contributed by atoms with Gasteiger partial charge in [-0.1, -0.05) is 6.42 Å². The van der Waals surface area contributed by atoms with Crippen molar-refractivity contribution in [1.82, 2.24) is 14.8 Å². The van der Waals surface area contributed by atoms with Crippen LogP contribution in [0.15, 0.2) is 12.1 Å². The molecule has 1 aromatic carbocycles. The van der Waals surface area contributed by atoms with E-state index in [1.165, 1.54) is 25.7 Å². The second-order valence-electron chi connectivity index (χ2n) is 7.32. The highest BCUT2D eigenvalue weighted by atomic mass is 16.5. The molecule has 0 amide bonds. The quantitative estimate of drug-likeness (QED) is 0.819. The summed E-state index contributed by atoms with van der Waals surface area (Å²) in [5, 5.41) is 8.93. The van der Waals surface area contributed by atoms with Crippen LogP contribution in [0.25, 0.3) is 11.4 Å². The van der Waals surface area contributed by atoms with Gasteiger partial charge < -0.3 is 19.1 Å². The largest absolute Gasteiger partial charge is 0.493 e. The first-order valence-corrected chi connectivity index (χ1v) is 9.05. The van der Waals surface area contributed by atoms with E-state index in [4.69, 9.17) is 14.2 Å². The average molecular weight is 358 g/mol. The van der Waals surface area contributed by atoms with E-state index >= 15 is 0 Å². The van der Waals surface area contributed by atoms with Gasteiger partial charge in [0.15, 0.2) is 17.3 Å². The molecule has 4 rings (SSSR count). The SMILES string of the molecule is COc1cc(-c2nnc(N3CCC4(CCC4)C3)n2C)cc(OC)c1OC. The minimum Gasteiger partial charge on any atom is -0.493 e. The summed E-state index contributed by atoms with van der Waals surface area (Å²) in [5.41, 5.74) is 1.41. The number of hydrogen-bond acceptors (Lipinski definition) is 6. The molecule has 2 heterocycles. The summed E-state index contributed by atoms with van der Waals surface area (Å²) in [5.74, 6) is 3.51. The van der Waals surface area contributed by atoms with Gasteiger partial charge in [-0.2, -0.15) is 0 Å². The smallest absolute Gasteiger partial charge is 0.227 e. The van der Waals surface area contributed by atoms with E-state index in [0.717, 1.165) is 30.4 Å². The van der Waals surface area contributed by atoms with Crippen molar-refractivity contribution >= 4 is 5.95 Å². The van der Waals surface area contributed by atoms with E-state index in [0.29, 0.717) is 22.7 Å². The second-order valence-corrected chi connectivity index (χ2v) is 7.32. The van der Waals surface area contributed by atoms with E-state index in [-0.39, 0.29) is 0 Å². The van der Waals surface area contributed by atoms with Crippen LogP contribution in [-0.2, 0) is 7.05 Å². The van der Waals surface area contributed by atoms with Crippen LogP contribution in [0.4, 0.5) is 5.95 Å². The van der Waals surface area contributed by atoms with Gasteiger partial charge in [-0.05, 0) is 36.8 Å². The number of methoxy groups -OCH3 is 3. The van der Waals surface area contributed by atoms with Gasteiger partial charge in [0.25, 0.3) is 0 Å². The molecule has 0 radical (unpaired) electrons. The summed E-state index contributed by atoms with van der Waals surface area (Å²) < 4.78 is 18.4. The fourth-order valence-corrected chi connectivity index (χ4v) is 4.25. The Morgan fingerprint density at radius 2 is 1.65 bits per heavy atom.